The van der Waals surface area contributed by atoms with Crippen LogP contribution in [0.4, 0.5) is 0 Å². The summed E-state index contributed by atoms with van der Waals surface area (Å²) in [5.41, 5.74) is 8.24. The van der Waals surface area contributed by atoms with Gasteiger partial charge in [0.2, 0.25) is 0 Å². The van der Waals surface area contributed by atoms with E-state index in [-0.39, 0.29) is 5.41 Å². The number of nitrogens with zero attached hydrogens (tertiary/aromatic N) is 3. The molecule has 2 aromatic heterocycles. The van der Waals surface area contributed by atoms with Crippen molar-refractivity contribution in [2.45, 2.75) is 40.0 Å². The van der Waals surface area contributed by atoms with Crippen LogP contribution in [-0.2, 0) is 12.8 Å². The summed E-state index contributed by atoms with van der Waals surface area (Å²) >= 11 is 6.17. The Labute approximate surface area is 182 Å². The molecule has 4 heteroatoms. The van der Waals surface area contributed by atoms with E-state index >= 15 is 0 Å². The molecule has 1 aliphatic rings. The van der Waals surface area contributed by atoms with Crippen molar-refractivity contribution in [2.24, 2.45) is 11.3 Å². The van der Waals surface area contributed by atoms with Crippen LogP contribution < -0.4 is 0 Å². The molecular weight excluding hydrogens is 390 g/mol. The van der Waals surface area contributed by atoms with E-state index in [1.54, 1.807) is 0 Å². The lowest BCUT2D eigenvalue weighted by molar-refractivity contribution is 0.214. The lowest BCUT2D eigenvalue weighted by Crippen LogP contribution is -2.29. The zero-order valence-corrected chi connectivity index (χ0v) is 18.4. The first-order valence-corrected chi connectivity index (χ1v) is 11.0. The van der Waals surface area contributed by atoms with Crippen molar-refractivity contribution in [3.8, 4) is 22.4 Å². The highest BCUT2D eigenvalue weighted by molar-refractivity contribution is 6.30. The second-order valence-electron chi connectivity index (χ2n) is 9.36. The van der Waals surface area contributed by atoms with Gasteiger partial charge >= 0.3 is 0 Å². The third kappa shape index (κ3) is 3.31. The summed E-state index contributed by atoms with van der Waals surface area (Å²) in [6.45, 7) is 7.04. The number of benzene rings is 2. The largest absolute Gasteiger partial charge is 0.228 e. The SMILES string of the molecule is CC(C)(C)[C@@H]1CCc2c(c(-c3ccc(Cl)cc3)nc3c(-c4ccccc4)cnn23)C1. The molecule has 2 aromatic carbocycles. The Balaban J connectivity index is 1.76. The van der Waals surface area contributed by atoms with Gasteiger partial charge in [-0.2, -0.15) is 5.10 Å². The van der Waals surface area contributed by atoms with Crippen LogP contribution >= 0.6 is 11.6 Å². The first-order chi connectivity index (χ1) is 14.4. The molecule has 0 aliphatic heterocycles. The predicted molar refractivity (Wildman–Crippen MR) is 124 cm³/mol. The Kier molecular flexibility index (Phi) is 4.67. The van der Waals surface area contributed by atoms with Crippen molar-refractivity contribution in [1.82, 2.24) is 14.6 Å². The molecule has 0 saturated carbocycles. The molecule has 0 N–H and O–H groups in total. The fraction of sp³-hybridized carbons (Fsp3) is 0.308. The van der Waals surface area contributed by atoms with Crippen LogP contribution in [0.3, 0.4) is 0 Å². The molecule has 4 aromatic rings. The normalized spacial score (nSPS) is 16.6. The fourth-order valence-electron chi connectivity index (χ4n) is 4.62. The van der Waals surface area contributed by atoms with Gasteiger partial charge < -0.3 is 0 Å². The number of halogens is 1. The van der Waals surface area contributed by atoms with Gasteiger partial charge in [0.05, 0.1) is 11.9 Å². The average Bonchev–Trinajstić information content (AvgIpc) is 3.17. The van der Waals surface area contributed by atoms with Crippen molar-refractivity contribution in [3.63, 3.8) is 0 Å². The summed E-state index contributed by atoms with van der Waals surface area (Å²) < 4.78 is 2.08. The molecule has 0 saturated heterocycles. The van der Waals surface area contributed by atoms with E-state index in [1.807, 2.05) is 24.4 Å². The highest BCUT2D eigenvalue weighted by Gasteiger charge is 2.32. The zero-order valence-electron chi connectivity index (χ0n) is 17.7. The molecule has 3 nitrogen and oxygen atoms in total. The van der Waals surface area contributed by atoms with Gasteiger partial charge in [-0.05, 0) is 48.3 Å². The Bertz CT molecular complexity index is 1200. The number of hydrogen-bond donors (Lipinski definition) is 0. The van der Waals surface area contributed by atoms with Gasteiger partial charge in [0.15, 0.2) is 5.65 Å². The highest BCUT2D eigenvalue weighted by atomic mass is 35.5. The van der Waals surface area contributed by atoms with E-state index in [9.17, 15) is 0 Å². The van der Waals surface area contributed by atoms with E-state index in [2.05, 4.69) is 61.7 Å². The minimum Gasteiger partial charge on any atom is -0.228 e. The van der Waals surface area contributed by atoms with Crippen LogP contribution in [-0.4, -0.2) is 14.6 Å². The van der Waals surface area contributed by atoms with Crippen molar-refractivity contribution >= 4 is 17.2 Å². The summed E-state index contributed by atoms with van der Waals surface area (Å²) in [7, 11) is 0. The fourth-order valence-corrected chi connectivity index (χ4v) is 4.75. The van der Waals surface area contributed by atoms with E-state index in [0.29, 0.717) is 5.92 Å². The van der Waals surface area contributed by atoms with Crippen LogP contribution in [0.2, 0.25) is 5.02 Å². The Morgan fingerprint density at radius 2 is 1.70 bits per heavy atom. The monoisotopic (exact) mass is 415 g/mol. The van der Waals surface area contributed by atoms with Gasteiger partial charge in [-0.25, -0.2) is 9.50 Å². The molecule has 152 valence electrons. The Hall–Kier alpha value is -2.65. The van der Waals surface area contributed by atoms with Crippen LogP contribution in [0.1, 0.15) is 38.4 Å². The van der Waals surface area contributed by atoms with Gasteiger partial charge in [-0.1, -0.05) is 74.8 Å². The molecule has 0 radical (unpaired) electrons. The van der Waals surface area contributed by atoms with E-state index < -0.39 is 0 Å². The summed E-state index contributed by atoms with van der Waals surface area (Å²) in [5.74, 6) is 0.624. The minimum absolute atomic E-state index is 0.267. The van der Waals surface area contributed by atoms with Gasteiger partial charge in [-0.3, -0.25) is 0 Å². The van der Waals surface area contributed by atoms with Crippen molar-refractivity contribution in [2.75, 3.05) is 0 Å². The molecule has 1 aliphatic carbocycles. The van der Waals surface area contributed by atoms with Crippen LogP contribution in [0.5, 0.6) is 0 Å². The Morgan fingerprint density at radius 3 is 2.40 bits per heavy atom. The second kappa shape index (κ2) is 7.24. The van der Waals surface area contributed by atoms with Crippen LogP contribution in [0.25, 0.3) is 28.0 Å². The van der Waals surface area contributed by atoms with Crippen molar-refractivity contribution in [3.05, 3.63) is 77.1 Å². The standard InChI is InChI=1S/C26H26ClN3/c1-26(2,3)19-11-14-23-21(15-19)24(18-9-12-20(27)13-10-18)29-25-22(16-28-30(23)25)17-7-5-4-6-8-17/h4-10,12-13,16,19H,11,14-15H2,1-3H3/t19-/m1/s1. The van der Waals surface area contributed by atoms with Crippen LogP contribution in [0, 0.1) is 11.3 Å². The smallest absolute Gasteiger partial charge is 0.163 e. The highest BCUT2D eigenvalue weighted by Crippen LogP contribution is 2.41. The molecule has 0 bridgehead atoms. The molecule has 0 spiro atoms. The number of hydrogen-bond acceptors (Lipinski definition) is 2. The number of fused-ring (bicyclic) bond motifs is 3. The third-order valence-corrected chi connectivity index (χ3v) is 6.71. The van der Waals surface area contributed by atoms with Crippen molar-refractivity contribution < 1.29 is 0 Å². The topological polar surface area (TPSA) is 30.2 Å². The Morgan fingerprint density at radius 1 is 0.967 bits per heavy atom. The third-order valence-electron chi connectivity index (χ3n) is 6.46. The molecule has 0 fully saturated rings. The molecule has 0 amide bonds. The van der Waals surface area contributed by atoms with Gasteiger partial charge in [0, 0.05) is 27.4 Å². The maximum absolute atomic E-state index is 6.17. The van der Waals surface area contributed by atoms with E-state index in [1.165, 1.54) is 17.7 Å². The first-order valence-electron chi connectivity index (χ1n) is 10.6. The molecule has 1 atom stereocenters. The number of aryl methyl sites for hydroxylation is 1. The van der Waals surface area contributed by atoms with Gasteiger partial charge in [0.25, 0.3) is 0 Å². The predicted octanol–water partition coefficient (Wildman–Crippen LogP) is 6.87. The number of aromatic nitrogens is 3. The van der Waals surface area contributed by atoms with Crippen molar-refractivity contribution in [1.29, 1.82) is 0 Å². The summed E-state index contributed by atoms with van der Waals surface area (Å²) in [5, 5.41) is 5.52. The first kappa shape index (κ1) is 19.3. The molecule has 0 unspecified atom stereocenters. The zero-order chi connectivity index (χ0) is 20.9. The molecule has 30 heavy (non-hydrogen) atoms. The lowest BCUT2D eigenvalue weighted by Gasteiger charge is -2.35. The second-order valence-corrected chi connectivity index (χ2v) is 9.79. The summed E-state index contributed by atoms with van der Waals surface area (Å²) in [6.07, 6.45) is 5.18. The van der Waals surface area contributed by atoms with Gasteiger partial charge in [0.1, 0.15) is 0 Å². The molecule has 2 heterocycles. The summed E-state index contributed by atoms with van der Waals surface area (Å²) in [6, 6.07) is 18.5. The lowest BCUT2D eigenvalue weighted by atomic mass is 9.71. The number of rotatable bonds is 2. The summed E-state index contributed by atoms with van der Waals surface area (Å²) in [4.78, 5) is 5.20. The maximum atomic E-state index is 6.17. The van der Waals surface area contributed by atoms with E-state index in [4.69, 9.17) is 21.7 Å². The molecule has 5 rings (SSSR count). The van der Waals surface area contributed by atoms with Crippen LogP contribution in [0.15, 0.2) is 60.8 Å². The average molecular weight is 416 g/mol. The quantitative estimate of drug-likeness (QED) is 0.357. The minimum atomic E-state index is 0.267. The molecular formula is C26H26ClN3. The van der Waals surface area contributed by atoms with E-state index in [0.717, 1.165) is 45.9 Å². The van der Waals surface area contributed by atoms with Gasteiger partial charge in [-0.15, -0.1) is 0 Å². The maximum Gasteiger partial charge on any atom is 0.163 e.